The van der Waals surface area contributed by atoms with E-state index in [1.807, 2.05) is 12.1 Å². The molecule has 3 aromatic rings. The number of alkyl halides is 3. The first-order valence-electron chi connectivity index (χ1n) is 9.54. The van der Waals surface area contributed by atoms with Gasteiger partial charge >= 0.3 is 12.1 Å². The highest BCUT2D eigenvalue weighted by Crippen LogP contribution is 2.39. The predicted octanol–water partition coefficient (Wildman–Crippen LogP) is 4.64. The Bertz CT molecular complexity index is 1120. The molecule has 0 radical (unpaired) electrons. The van der Waals surface area contributed by atoms with Crippen molar-refractivity contribution in [1.29, 1.82) is 0 Å². The van der Waals surface area contributed by atoms with E-state index in [4.69, 9.17) is 31.0 Å². The summed E-state index contributed by atoms with van der Waals surface area (Å²) in [6.07, 6.45) is -1.34. The molecule has 7 nitrogen and oxygen atoms in total. The molecule has 0 fully saturated rings. The standard InChI is InChI=1S/C19H20ClN3O2.C2HF3O2/c1-24-16-7-11-3-5-14(13(11)8-17(16)25-2)21-9-12-4-6-15-19(18(12)20)23-10-22-15;3-2(4,5)1(6)7/h4,6-8,10,14,21H,3,5,9H2,1-2H3,(H,22,23);(H,6,7). The minimum Gasteiger partial charge on any atom is -0.493 e. The third kappa shape index (κ3) is 5.08. The van der Waals surface area contributed by atoms with Crippen LogP contribution in [0.4, 0.5) is 13.2 Å². The van der Waals surface area contributed by atoms with Crippen molar-refractivity contribution in [1.82, 2.24) is 15.3 Å². The molecular weight excluding hydrogens is 451 g/mol. The Labute approximate surface area is 186 Å². The van der Waals surface area contributed by atoms with Gasteiger partial charge in [0.1, 0.15) is 5.52 Å². The van der Waals surface area contributed by atoms with Gasteiger partial charge in [-0.3, -0.25) is 0 Å². The van der Waals surface area contributed by atoms with E-state index in [2.05, 4.69) is 27.4 Å². The number of carboxylic acids is 1. The number of aromatic nitrogens is 2. The molecule has 0 spiro atoms. The van der Waals surface area contributed by atoms with E-state index in [1.54, 1.807) is 20.5 Å². The largest absolute Gasteiger partial charge is 0.493 e. The van der Waals surface area contributed by atoms with E-state index in [0.717, 1.165) is 40.9 Å². The lowest BCUT2D eigenvalue weighted by molar-refractivity contribution is -0.192. The summed E-state index contributed by atoms with van der Waals surface area (Å²) >= 11 is 6.50. The molecule has 0 saturated heterocycles. The average Bonchev–Trinajstić information content (AvgIpc) is 3.39. The van der Waals surface area contributed by atoms with Gasteiger partial charge in [0.15, 0.2) is 11.5 Å². The molecule has 0 amide bonds. The Morgan fingerprint density at radius 3 is 2.56 bits per heavy atom. The molecule has 2 aromatic carbocycles. The second kappa shape index (κ2) is 9.66. The number of halogens is 4. The molecule has 1 aliphatic carbocycles. The number of H-pyrrole nitrogens is 1. The van der Waals surface area contributed by atoms with Crippen LogP contribution in [-0.4, -0.2) is 41.4 Å². The van der Waals surface area contributed by atoms with E-state index < -0.39 is 12.1 Å². The Hall–Kier alpha value is -2.98. The van der Waals surface area contributed by atoms with E-state index in [-0.39, 0.29) is 6.04 Å². The number of ether oxygens (including phenoxy) is 2. The highest BCUT2D eigenvalue weighted by molar-refractivity contribution is 6.35. The third-order valence-corrected chi connectivity index (χ3v) is 5.54. The van der Waals surface area contributed by atoms with Crippen LogP contribution in [-0.2, 0) is 17.8 Å². The van der Waals surface area contributed by atoms with E-state index in [0.29, 0.717) is 11.6 Å². The lowest BCUT2D eigenvalue weighted by atomic mass is 10.1. The summed E-state index contributed by atoms with van der Waals surface area (Å²) in [4.78, 5) is 16.3. The van der Waals surface area contributed by atoms with Crippen LogP contribution in [0.15, 0.2) is 30.6 Å². The van der Waals surface area contributed by atoms with E-state index in [1.165, 1.54) is 11.1 Å². The number of hydrogen-bond acceptors (Lipinski definition) is 5. The maximum atomic E-state index is 10.6. The fourth-order valence-corrected chi connectivity index (χ4v) is 3.81. The summed E-state index contributed by atoms with van der Waals surface area (Å²) < 4.78 is 42.6. The second-order valence-corrected chi connectivity index (χ2v) is 7.40. The van der Waals surface area contributed by atoms with E-state index >= 15 is 0 Å². The lowest BCUT2D eigenvalue weighted by Crippen LogP contribution is -2.21. The lowest BCUT2D eigenvalue weighted by Gasteiger charge is -2.17. The molecule has 0 aliphatic heterocycles. The summed E-state index contributed by atoms with van der Waals surface area (Å²) in [7, 11) is 3.34. The smallest absolute Gasteiger partial charge is 0.490 e. The van der Waals surface area contributed by atoms with Gasteiger partial charge in [-0.05, 0) is 47.7 Å². The van der Waals surface area contributed by atoms with Crippen LogP contribution >= 0.6 is 11.6 Å². The summed E-state index contributed by atoms with van der Waals surface area (Å²) in [6.45, 7) is 0.695. The van der Waals surface area contributed by atoms with Crippen molar-refractivity contribution in [3.05, 3.63) is 52.3 Å². The van der Waals surface area contributed by atoms with Crippen molar-refractivity contribution in [3.63, 3.8) is 0 Å². The molecular formula is C21H21ClF3N3O4. The normalized spacial score (nSPS) is 15.1. The molecule has 0 bridgehead atoms. The van der Waals surface area contributed by atoms with Crippen molar-refractivity contribution in [2.45, 2.75) is 31.6 Å². The van der Waals surface area contributed by atoms with Gasteiger partial charge < -0.3 is 24.9 Å². The number of fused-ring (bicyclic) bond motifs is 2. The number of methoxy groups -OCH3 is 2. The summed E-state index contributed by atoms with van der Waals surface area (Å²) in [5, 5.41) is 11.5. The van der Waals surface area contributed by atoms with Crippen LogP contribution in [0, 0.1) is 0 Å². The van der Waals surface area contributed by atoms with Gasteiger partial charge in [0.2, 0.25) is 0 Å². The van der Waals surface area contributed by atoms with Gasteiger partial charge in [-0.2, -0.15) is 13.2 Å². The van der Waals surface area contributed by atoms with Crippen molar-refractivity contribution in [2.75, 3.05) is 14.2 Å². The highest BCUT2D eigenvalue weighted by atomic mass is 35.5. The number of aryl methyl sites for hydroxylation is 1. The van der Waals surface area contributed by atoms with Crippen molar-refractivity contribution in [3.8, 4) is 11.5 Å². The Balaban J connectivity index is 0.000000360. The zero-order valence-corrected chi connectivity index (χ0v) is 18.0. The van der Waals surface area contributed by atoms with Gasteiger partial charge in [-0.15, -0.1) is 0 Å². The van der Waals surface area contributed by atoms with Gasteiger partial charge in [0.05, 0.1) is 31.1 Å². The minimum atomic E-state index is -5.08. The quantitative estimate of drug-likeness (QED) is 0.501. The molecule has 4 rings (SSSR count). The molecule has 11 heteroatoms. The van der Waals surface area contributed by atoms with Gasteiger partial charge in [-0.1, -0.05) is 17.7 Å². The number of rotatable bonds is 5. The maximum absolute atomic E-state index is 10.6. The first kappa shape index (κ1) is 23.7. The van der Waals surface area contributed by atoms with Gasteiger partial charge in [0.25, 0.3) is 0 Å². The minimum absolute atomic E-state index is 0.278. The number of imidazole rings is 1. The van der Waals surface area contributed by atoms with Crippen LogP contribution in [0.1, 0.15) is 29.2 Å². The third-order valence-electron chi connectivity index (χ3n) is 5.11. The van der Waals surface area contributed by atoms with Crippen LogP contribution in [0.3, 0.4) is 0 Å². The number of carboxylic acid groups (broad SMARTS) is 1. The monoisotopic (exact) mass is 471 g/mol. The number of aromatic amines is 1. The number of benzene rings is 2. The number of carbonyl (C=O) groups is 1. The molecule has 1 unspecified atom stereocenters. The number of nitrogens with zero attached hydrogens (tertiary/aromatic N) is 1. The molecule has 3 N–H and O–H groups in total. The zero-order valence-electron chi connectivity index (χ0n) is 17.2. The fraction of sp³-hybridized carbons (Fsp3) is 0.333. The first-order valence-corrected chi connectivity index (χ1v) is 9.92. The summed E-state index contributed by atoms with van der Waals surface area (Å²) in [6, 6.07) is 8.50. The predicted molar refractivity (Wildman–Crippen MR) is 112 cm³/mol. The van der Waals surface area contributed by atoms with Crippen molar-refractivity contribution >= 4 is 28.6 Å². The first-order chi connectivity index (χ1) is 15.2. The van der Waals surface area contributed by atoms with Crippen LogP contribution in [0.25, 0.3) is 11.0 Å². The molecule has 1 aliphatic rings. The number of hydrogen-bond donors (Lipinski definition) is 3. The number of aliphatic carboxylic acids is 1. The van der Waals surface area contributed by atoms with Crippen molar-refractivity contribution < 1.29 is 32.5 Å². The molecule has 172 valence electrons. The maximum Gasteiger partial charge on any atom is 0.490 e. The SMILES string of the molecule is COc1cc2c(cc1OC)C(NCc1ccc3[nH]cnc3c1Cl)CC2.O=C(O)C(F)(F)F. The molecule has 32 heavy (non-hydrogen) atoms. The summed E-state index contributed by atoms with van der Waals surface area (Å²) in [5.74, 6) is -1.20. The highest BCUT2D eigenvalue weighted by Gasteiger charge is 2.38. The van der Waals surface area contributed by atoms with Gasteiger partial charge in [-0.25, -0.2) is 9.78 Å². The van der Waals surface area contributed by atoms with Crippen LogP contribution in [0.2, 0.25) is 5.02 Å². The molecule has 1 aromatic heterocycles. The average molecular weight is 472 g/mol. The summed E-state index contributed by atoms with van der Waals surface area (Å²) in [5.41, 5.74) is 5.41. The second-order valence-electron chi connectivity index (χ2n) is 7.02. The Morgan fingerprint density at radius 2 is 1.94 bits per heavy atom. The zero-order chi connectivity index (χ0) is 23.5. The van der Waals surface area contributed by atoms with Crippen molar-refractivity contribution in [2.24, 2.45) is 0 Å². The topological polar surface area (TPSA) is 96.5 Å². The molecule has 1 atom stereocenters. The Kier molecular flexibility index (Phi) is 7.15. The van der Waals surface area contributed by atoms with E-state index in [9.17, 15) is 13.2 Å². The van der Waals surface area contributed by atoms with Gasteiger partial charge in [0, 0.05) is 12.6 Å². The number of nitrogens with one attached hydrogen (secondary N) is 2. The van der Waals surface area contributed by atoms with Crippen LogP contribution in [0.5, 0.6) is 11.5 Å². The Morgan fingerprint density at radius 1 is 1.28 bits per heavy atom. The molecule has 1 heterocycles. The molecule has 0 saturated carbocycles. The van der Waals surface area contributed by atoms with Crippen LogP contribution < -0.4 is 14.8 Å². The fourth-order valence-electron chi connectivity index (χ4n) is 3.53.